The zero-order chi connectivity index (χ0) is 10.2. The Bertz CT molecular complexity index is 352. The van der Waals surface area contributed by atoms with Crippen molar-refractivity contribution >= 4 is 29.2 Å². The Balaban J connectivity index is 3.56. The number of hydrogen-bond donors (Lipinski definition) is 2. The van der Waals surface area contributed by atoms with Crippen LogP contribution in [0.5, 0.6) is 5.75 Å². The van der Waals surface area contributed by atoms with E-state index in [2.05, 4.69) is 0 Å². The lowest BCUT2D eigenvalue weighted by Gasteiger charge is -2.04. The molecule has 0 aliphatic heterocycles. The highest BCUT2D eigenvalue weighted by molar-refractivity contribution is 6.36. The lowest BCUT2D eigenvalue weighted by Crippen LogP contribution is -2.01. The maximum Gasteiger partial charge on any atom is 0.342 e. The van der Waals surface area contributed by atoms with Crippen LogP contribution in [-0.2, 0) is 0 Å². The monoisotopic (exact) mass is 224 g/mol. The normalized spacial score (nSPS) is 10.1. The van der Waals surface area contributed by atoms with Gasteiger partial charge in [0.25, 0.3) is 0 Å². The van der Waals surface area contributed by atoms with Crippen LogP contribution in [0.1, 0.15) is 10.4 Å². The molecule has 0 saturated carbocycles. The summed E-state index contributed by atoms with van der Waals surface area (Å²) >= 11 is 10.7. The van der Waals surface area contributed by atoms with Gasteiger partial charge in [0.1, 0.15) is 5.56 Å². The van der Waals surface area contributed by atoms with Gasteiger partial charge in [0.15, 0.2) is 11.6 Å². The SMILES string of the molecule is O=C(O)c1c(O)c(Cl)cc(Cl)c1F. The maximum atomic E-state index is 13.0. The van der Waals surface area contributed by atoms with Crippen LogP contribution in [0, 0.1) is 5.82 Å². The van der Waals surface area contributed by atoms with Gasteiger partial charge >= 0.3 is 5.97 Å². The van der Waals surface area contributed by atoms with Gasteiger partial charge in [-0.3, -0.25) is 0 Å². The smallest absolute Gasteiger partial charge is 0.342 e. The number of phenols is 1. The van der Waals surface area contributed by atoms with Crippen molar-refractivity contribution in [3.63, 3.8) is 0 Å². The molecular weight excluding hydrogens is 222 g/mol. The number of aromatic carboxylic acids is 1. The number of aromatic hydroxyl groups is 1. The summed E-state index contributed by atoms with van der Waals surface area (Å²) in [5.74, 6) is -3.65. The molecule has 0 bridgehead atoms. The maximum absolute atomic E-state index is 13.0. The van der Waals surface area contributed by atoms with E-state index in [0.29, 0.717) is 0 Å². The summed E-state index contributed by atoms with van der Waals surface area (Å²) in [7, 11) is 0. The zero-order valence-corrected chi connectivity index (χ0v) is 7.53. The van der Waals surface area contributed by atoms with E-state index >= 15 is 0 Å². The van der Waals surface area contributed by atoms with Crippen molar-refractivity contribution in [3.05, 3.63) is 27.5 Å². The van der Waals surface area contributed by atoms with Crippen LogP contribution in [0.3, 0.4) is 0 Å². The average molecular weight is 225 g/mol. The van der Waals surface area contributed by atoms with E-state index in [9.17, 15) is 9.18 Å². The molecule has 13 heavy (non-hydrogen) atoms. The third-order valence-corrected chi connectivity index (χ3v) is 1.92. The van der Waals surface area contributed by atoms with Crippen molar-refractivity contribution in [2.45, 2.75) is 0 Å². The molecule has 0 aliphatic rings. The van der Waals surface area contributed by atoms with Gasteiger partial charge in [-0.15, -0.1) is 0 Å². The first kappa shape index (κ1) is 10.1. The standard InChI is InChI=1S/C7H3Cl2FO3/c8-2-1-3(9)6(11)4(5(2)10)7(12)13/h1,11H,(H,12,13). The van der Waals surface area contributed by atoms with E-state index < -0.39 is 28.1 Å². The molecule has 1 aromatic rings. The lowest BCUT2D eigenvalue weighted by atomic mass is 10.2. The van der Waals surface area contributed by atoms with Crippen molar-refractivity contribution < 1.29 is 19.4 Å². The van der Waals surface area contributed by atoms with E-state index in [4.69, 9.17) is 33.4 Å². The average Bonchev–Trinajstić information content (AvgIpc) is 2.01. The molecule has 1 aromatic carbocycles. The highest BCUT2D eigenvalue weighted by atomic mass is 35.5. The van der Waals surface area contributed by atoms with Gasteiger partial charge < -0.3 is 10.2 Å². The van der Waals surface area contributed by atoms with Gasteiger partial charge in [0, 0.05) is 0 Å². The summed E-state index contributed by atoms with van der Waals surface area (Å²) in [6, 6.07) is 0.931. The molecule has 0 aromatic heterocycles. The Morgan fingerprint density at radius 2 is 1.92 bits per heavy atom. The van der Waals surface area contributed by atoms with E-state index in [1.807, 2.05) is 0 Å². The van der Waals surface area contributed by atoms with Crippen LogP contribution in [0.25, 0.3) is 0 Å². The van der Waals surface area contributed by atoms with Gasteiger partial charge in [0.05, 0.1) is 10.0 Å². The fraction of sp³-hybridized carbons (Fsp3) is 0. The molecule has 0 spiro atoms. The molecule has 3 nitrogen and oxygen atoms in total. The summed E-state index contributed by atoms with van der Waals surface area (Å²) in [5, 5.41) is 16.8. The Kier molecular flexibility index (Phi) is 2.63. The van der Waals surface area contributed by atoms with Crippen LogP contribution in [0.4, 0.5) is 4.39 Å². The number of carboxylic acids is 1. The van der Waals surface area contributed by atoms with Crippen LogP contribution >= 0.6 is 23.2 Å². The van der Waals surface area contributed by atoms with Crippen LogP contribution in [-0.4, -0.2) is 16.2 Å². The molecule has 0 atom stereocenters. The first-order valence-corrected chi connectivity index (χ1v) is 3.80. The first-order chi connectivity index (χ1) is 5.95. The van der Waals surface area contributed by atoms with E-state index in [1.165, 1.54) is 0 Å². The molecule has 0 heterocycles. The second-order valence-corrected chi connectivity index (χ2v) is 3.00. The molecule has 0 amide bonds. The summed E-state index contributed by atoms with van der Waals surface area (Å²) < 4.78 is 13.0. The predicted molar refractivity (Wildman–Crippen MR) is 45.0 cm³/mol. The summed E-state index contributed by atoms with van der Waals surface area (Å²) in [6.45, 7) is 0. The molecule has 0 unspecified atom stereocenters. The summed E-state index contributed by atoms with van der Waals surface area (Å²) in [4.78, 5) is 10.4. The Hall–Kier alpha value is -1.00. The minimum atomic E-state index is -1.63. The molecular formula is C7H3Cl2FO3. The van der Waals surface area contributed by atoms with Crippen molar-refractivity contribution in [2.24, 2.45) is 0 Å². The lowest BCUT2D eigenvalue weighted by molar-refractivity contribution is 0.0688. The van der Waals surface area contributed by atoms with Crippen molar-refractivity contribution in [3.8, 4) is 5.75 Å². The molecule has 0 saturated heterocycles. The second-order valence-electron chi connectivity index (χ2n) is 2.18. The Morgan fingerprint density at radius 3 is 2.38 bits per heavy atom. The van der Waals surface area contributed by atoms with Crippen molar-refractivity contribution in [2.75, 3.05) is 0 Å². The van der Waals surface area contributed by atoms with Gasteiger partial charge in [-0.25, -0.2) is 9.18 Å². The van der Waals surface area contributed by atoms with Crippen molar-refractivity contribution in [1.29, 1.82) is 0 Å². The fourth-order valence-corrected chi connectivity index (χ4v) is 1.24. The third kappa shape index (κ3) is 1.68. The van der Waals surface area contributed by atoms with Gasteiger partial charge in [0.2, 0.25) is 0 Å². The van der Waals surface area contributed by atoms with Crippen LogP contribution < -0.4 is 0 Å². The zero-order valence-electron chi connectivity index (χ0n) is 6.01. The van der Waals surface area contributed by atoms with E-state index in [1.54, 1.807) is 0 Å². The quantitative estimate of drug-likeness (QED) is 0.722. The van der Waals surface area contributed by atoms with Gasteiger partial charge in [-0.05, 0) is 6.07 Å². The molecule has 0 radical (unpaired) electrons. The number of benzene rings is 1. The van der Waals surface area contributed by atoms with Gasteiger partial charge in [-0.1, -0.05) is 23.2 Å². The molecule has 2 N–H and O–H groups in total. The Labute approximate surface area is 82.3 Å². The number of carboxylic acid groups (broad SMARTS) is 1. The third-order valence-electron chi connectivity index (χ3n) is 1.36. The number of hydrogen-bond acceptors (Lipinski definition) is 2. The highest BCUT2D eigenvalue weighted by Gasteiger charge is 2.21. The first-order valence-electron chi connectivity index (χ1n) is 3.05. The topological polar surface area (TPSA) is 57.5 Å². The summed E-state index contributed by atoms with van der Waals surface area (Å²) in [6.07, 6.45) is 0. The predicted octanol–water partition coefficient (Wildman–Crippen LogP) is 2.54. The molecule has 1 rings (SSSR count). The minimum Gasteiger partial charge on any atom is -0.505 e. The minimum absolute atomic E-state index is 0.302. The molecule has 0 aliphatic carbocycles. The fourth-order valence-electron chi connectivity index (χ4n) is 0.781. The number of rotatable bonds is 1. The molecule has 0 fully saturated rings. The molecule has 6 heteroatoms. The van der Waals surface area contributed by atoms with Crippen LogP contribution in [0.15, 0.2) is 6.07 Å². The highest BCUT2D eigenvalue weighted by Crippen LogP contribution is 2.33. The number of halogens is 3. The summed E-state index contributed by atoms with van der Waals surface area (Å²) in [5.41, 5.74) is -0.919. The number of carbonyl (C=O) groups is 1. The molecule has 70 valence electrons. The van der Waals surface area contributed by atoms with Crippen LogP contribution in [0.2, 0.25) is 10.0 Å². The van der Waals surface area contributed by atoms with Crippen molar-refractivity contribution in [1.82, 2.24) is 0 Å². The largest absolute Gasteiger partial charge is 0.505 e. The Morgan fingerprint density at radius 1 is 1.38 bits per heavy atom. The van der Waals surface area contributed by atoms with E-state index in [-0.39, 0.29) is 5.02 Å². The van der Waals surface area contributed by atoms with Gasteiger partial charge in [-0.2, -0.15) is 0 Å². The second kappa shape index (κ2) is 3.40. The van der Waals surface area contributed by atoms with E-state index in [0.717, 1.165) is 6.07 Å².